The predicted octanol–water partition coefficient (Wildman–Crippen LogP) is 14.0. The van der Waals surface area contributed by atoms with Gasteiger partial charge in [-0.2, -0.15) is 0 Å². The van der Waals surface area contributed by atoms with Gasteiger partial charge in [0.1, 0.15) is 6.10 Å². The molecule has 2 atom stereocenters. The highest BCUT2D eigenvalue weighted by Gasteiger charge is 2.25. The van der Waals surface area contributed by atoms with Crippen LogP contribution in [0.3, 0.4) is 0 Å². The molecule has 0 heterocycles. The zero-order valence-corrected chi connectivity index (χ0v) is 37.1. The van der Waals surface area contributed by atoms with Crippen LogP contribution in [-0.4, -0.2) is 49.9 Å². The summed E-state index contributed by atoms with van der Waals surface area (Å²) in [5.41, 5.74) is 5.37. The van der Waals surface area contributed by atoms with Gasteiger partial charge >= 0.3 is 13.8 Å². The third kappa shape index (κ3) is 43.9. The SMILES string of the molecule is CCCCCCC/C=C\CCCCCCCCOCC(COP(=O)(O)OCCN)OC(=O)CCCCCCCCCCC/C=C\CCCCCCCCCC. The minimum atomic E-state index is -4.28. The van der Waals surface area contributed by atoms with Crippen LogP contribution in [0.1, 0.15) is 226 Å². The summed E-state index contributed by atoms with van der Waals surface area (Å²) < 4.78 is 33.5. The van der Waals surface area contributed by atoms with Gasteiger partial charge in [0, 0.05) is 19.6 Å². The number of hydrogen-bond donors (Lipinski definition) is 2. The van der Waals surface area contributed by atoms with E-state index in [4.69, 9.17) is 24.3 Å². The first kappa shape index (κ1) is 54.0. The Hall–Kier alpha value is -1.02. The van der Waals surface area contributed by atoms with E-state index in [0.29, 0.717) is 13.0 Å². The molecule has 0 fully saturated rings. The quantitative estimate of drug-likeness (QED) is 0.0271. The van der Waals surface area contributed by atoms with Crippen LogP contribution in [0.4, 0.5) is 0 Å². The average molecular weight is 800 g/mol. The number of ether oxygens (including phenoxy) is 2. The summed E-state index contributed by atoms with van der Waals surface area (Å²) in [5.74, 6) is -0.332. The van der Waals surface area contributed by atoms with Crippen molar-refractivity contribution in [1.29, 1.82) is 0 Å². The molecule has 8 nitrogen and oxygen atoms in total. The Bertz CT molecular complexity index is 900. The molecule has 2 unspecified atom stereocenters. The monoisotopic (exact) mass is 800 g/mol. The molecule has 9 heteroatoms. The van der Waals surface area contributed by atoms with Gasteiger partial charge in [-0.1, -0.05) is 179 Å². The van der Waals surface area contributed by atoms with Gasteiger partial charge in [0.25, 0.3) is 0 Å². The summed E-state index contributed by atoms with van der Waals surface area (Å²) >= 11 is 0. The van der Waals surface area contributed by atoms with Gasteiger partial charge in [0.2, 0.25) is 0 Å². The molecule has 0 saturated carbocycles. The number of phosphoric ester groups is 1. The standard InChI is InChI=1S/C46H90NO7P/c1-3-5-7-9-11-13-15-17-19-20-21-22-23-24-25-27-29-31-33-35-37-39-46(48)54-45(44-53-55(49,50)52-42-40-47)43-51-41-38-36-34-32-30-28-26-18-16-14-12-10-8-6-4-2/h16,18,20-21,45H,3-15,17,19,22-44,47H2,1-2H3,(H,49,50)/b18-16-,21-20-. The van der Waals surface area contributed by atoms with Crippen LogP contribution in [0.15, 0.2) is 24.3 Å². The fraction of sp³-hybridized carbons (Fsp3) is 0.891. The lowest BCUT2D eigenvalue weighted by molar-refractivity contribution is -0.154. The summed E-state index contributed by atoms with van der Waals surface area (Å²) in [5, 5.41) is 0. The second kappa shape index (κ2) is 44.1. The van der Waals surface area contributed by atoms with Crippen LogP contribution in [0.5, 0.6) is 0 Å². The van der Waals surface area contributed by atoms with E-state index in [2.05, 4.69) is 38.2 Å². The first-order valence-electron chi connectivity index (χ1n) is 23.3. The Morgan fingerprint density at radius 2 is 0.909 bits per heavy atom. The van der Waals surface area contributed by atoms with Gasteiger partial charge in [-0.15, -0.1) is 0 Å². The van der Waals surface area contributed by atoms with E-state index in [9.17, 15) is 14.3 Å². The number of unbranched alkanes of at least 4 members (excludes halogenated alkanes) is 28. The number of nitrogens with two attached hydrogens (primary N) is 1. The molecule has 0 radical (unpaired) electrons. The maximum absolute atomic E-state index is 12.6. The number of hydrogen-bond acceptors (Lipinski definition) is 7. The average Bonchev–Trinajstić information content (AvgIpc) is 3.17. The Kier molecular flexibility index (Phi) is 43.3. The lowest BCUT2D eigenvalue weighted by Crippen LogP contribution is -2.28. The number of esters is 1. The van der Waals surface area contributed by atoms with Gasteiger partial charge in [-0.25, -0.2) is 4.57 Å². The highest BCUT2D eigenvalue weighted by atomic mass is 31.2. The molecular weight excluding hydrogens is 709 g/mol. The van der Waals surface area contributed by atoms with Crippen molar-refractivity contribution in [3.8, 4) is 0 Å². The van der Waals surface area contributed by atoms with Crippen molar-refractivity contribution in [2.24, 2.45) is 5.73 Å². The van der Waals surface area contributed by atoms with E-state index < -0.39 is 13.9 Å². The molecule has 3 N–H and O–H groups in total. The molecular formula is C46H90NO7P. The minimum absolute atomic E-state index is 0.0955. The van der Waals surface area contributed by atoms with Crippen LogP contribution in [-0.2, 0) is 27.9 Å². The minimum Gasteiger partial charge on any atom is -0.457 e. The van der Waals surface area contributed by atoms with E-state index in [1.165, 1.54) is 173 Å². The van der Waals surface area contributed by atoms with Crippen molar-refractivity contribution in [1.82, 2.24) is 0 Å². The molecule has 0 spiro atoms. The lowest BCUT2D eigenvalue weighted by atomic mass is 10.1. The van der Waals surface area contributed by atoms with Gasteiger partial charge < -0.3 is 20.1 Å². The van der Waals surface area contributed by atoms with E-state index in [-0.39, 0.29) is 32.3 Å². The number of carbonyl (C=O) groups is 1. The van der Waals surface area contributed by atoms with Crippen molar-refractivity contribution in [2.75, 3.05) is 33.0 Å². The fourth-order valence-electron chi connectivity index (χ4n) is 6.63. The van der Waals surface area contributed by atoms with Crippen LogP contribution >= 0.6 is 7.82 Å². The maximum Gasteiger partial charge on any atom is 0.472 e. The van der Waals surface area contributed by atoms with Crippen LogP contribution in [0.2, 0.25) is 0 Å². The summed E-state index contributed by atoms with van der Waals surface area (Å²) in [6, 6.07) is 0. The molecule has 0 amide bonds. The lowest BCUT2D eigenvalue weighted by Gasteiger charge is -2.20. The zero-order valence-electron chi connectivity index (χ0n) is 36.2. The smallest absolute Gasteiger partial charge is 0.457 e. The Labute approximate surface area is 340 Å². The van der Waals surface area contributed by atoms with Gasteiger partial charge in [-0.3, -0.25) is 13.8 Å². The van der Waals surface area contributed by atoms with Gasteiger partial charge in [0.05, 0.1) is 19.8 Å². The Morgan fingerprint density at radius 3 is 1.33 bits per heavy atom. The van der Waals surface area contributed by atoms with Gasteiger partial charge in [0.15, 0.2) is 0 Å². The molecule has 0 bridgehead atoms. The van der Waals surface area contributed by atoms with E-state index in [0.717, 1.165) is 32.1 Å². The molecule has 326 valence electrons. The molecule has 0 aliphatic carbocycles. The van der Waals surface area contributed by atoms with Gasteiger partial charge in [-0.05, 0) is 64.2 Å². The molecule has 0 aromatic heterocycles. The zero-order chi connectivity index (χ0) is 40.2. The third-order valence-electron chi connectivity index (χ3n) is 10.1. The second-order valence-corrected chi connectivity index (χ2v) is 17.1. The summed E-state index contributed by atoms with van der Waals surface area (Å²) in [4.78, 5) is 22.5. The normalized spacial score (nSPS) is 13.6. The number of carbonyl (C=O) groups excluding carboxylic acids is 1. The molecule has 0 saturated heterocycles. The van der Waals surface area contributed by atoms with E-state index in [1.807, 2.05) is 0 Å². The highest BCUT2D eigenvalue weighted by molar-refractivity contribution is 7.47. The number of phosphoric acid groups is 1. The summed E-state index contributed by atoms with van der Waals surface area (Å²) in [6.45, 7) is 4.93. The molecule has 0 aliphatic heterocycles. The van der Waals surface area contributed by atoms with Crippen LogP contribution in [0.25, 0.3) is 0 Å². The second-order valence-electron chi connectivity index (χ2n) is 15.6. The molecule has 0 aliphatic rings. The first-order valence-corrected chi connectivity index (χ1v) is 24.8. The molecule has 0 rings (SSSR count). The molecule has 55 heavy (non-hydrogen) atoms. The fourth-order valence-corrected chi connectivity index (χ4v) is 7.40. The number of allylic oxidation sites excluding steroid dienone is 4. The third-order valence-corrected chi connectivity index (χ3v) is 11.1. The van der Waals surface area contributed by atoms with Crippen molar-refractivity contribution >= 4 is 13.8 Å². The molecule has 0 aromatic carbocycles. The topological polar surface area (TPSA) is 117 Å². The Morgan fingerprint density at radius 1 is 0.527 bits per heavy atom. The van der Waals surface area contributed by atoms with Crippen molar-refractivity contribution in [3.63, 3.8) is 0 Å². The van der Waals surface area contributed by atoms with Crippen molar-refractivity contribution in [2.45, 2.75) is 232 Å². The maximum atomic E-state index is 12.6. The predicted molar refractivity (Wildman–Crippen MR) is 233 cm³/mol. The Balaban J connectivity index is 3.97. The van der Waals surface area contributed by atoms with E-state index >= 15 is 0 Å². The van der Waals surface area contributed by atoms with Crippen molar-refractivity contribution in [3.05, 3.63) is 24.3 Å². The van der Waals surface area contributed by atoms with Crippen LogP contribution < -0.4 is 5.73 Å². The highest BCUT2D eigenvalue weighted by Crippen LogP contribution is 2.43. The summed E-state index contributed by atoms with van der Waals surface area (Å²) in [6.07, 6.45) is 49.1. The van der Waals surface area contributed by atoms with Crippen molar-refractivity contribution < 1.29 is 32.8 Å². The summed E-state index contributed by atoms with van der Waals surface area (Å²) in [7, 11) is -4.28. The van der Waals surface area contributed by atoms with E-state index in [1.54, 1.807) is 0 Å². The van der Waals surface area contributed by atoms with Crippen LogP contribution in [0, 0.1) is 0 Å². The molecule has 0 aromatic rings. The number of rotatable bonds is 45. The largest absolute Gasteiger partial charge is 0.472 e. The first-order chi connectivity index (χ1) is 26.9.